The third-order valence-electron chi connectivity index (χ3n) is 1.51. The van der Waals surface area contributed by atoms with E-state index in [1.807, 2.05) is 0 Å². The molecular formula is C8H7BrFNO2. The zero-order valence-electron chi connectivity index (χ0n) is 6.80. The van der Waals surface area contributed by atoms with Gasteiger partial charge in [-0.2, -0.15) is 0 Å². The van der Waals surface area contributed by atoms with Crippen LogP contribution in [0.1, 0.15) is 10.4 Å². The summed E-state index contributed by atoms with van der Waals surface area (Å²) >= 11 is 3.03. The minimum atomic E-state index is -0.763. The summed E-state index contributed by atoms with van der Waals surface area (Å²) < 4.78 is 18.0. The van der Waals surface area contributed by atoms with Crippen molar-refractivity contribution in [3.05, 3.63) is 28.0 Å². The molecule has 0 atom stereocenters. The molecule has 0 heterocycles. The van der Waals surface area contributed by atoms with E-state index in [4.69, 9.17) is 5.73 Å². The van der Waals surface area contributed by atoms with Crippen LogP contribution in [0.25, 0.3) is 0 Å². The van der Waals surface area contributed by atoms with Gasteiger partial charge in [-0.25, -0.2) is 9.18 Å². The van der Waals surface area contributed by atoms with Gasteiger partial charge >= 0.3 is 5.97 Å². The van der Waals surface area contributed by atoms with E-state index in [-0.39, 0.29) is 11.3 Å². The van der Waals surface area contributed by atoms with Crippen LogP contribution in [0.15, 0.2) is 16.6 Å². The summed E-state index contributed by atoms with van der Waals surface area (Å²) in [5, 5.41) is 0. The fraction of sp³-hybridized carbons (Fsp3) is 0.125. The molecule has 13 heavy (non-hydrogen) atoms. The molecule has 0 aliphatic carbocycles. The van der Waals surface area contributed by atoms with Crippen molar-refractivity contribution in [3.8, 4) is 0 Å². The Morgan fingerprint density at radius 2 is 2.23 bits per heavy atom. The molecule has 0 radical (unpaired) electrons. The first-order valence-electron chi connectivity index (χ1n) is 3.39. The van der Waals surface area contributed by atoms with Crippen LogP contribution >= 0.6 is 15.9 Å². The van der Waals surface area contributed by atoms with Gasteiger partial charge in [0.2, 0.25) is 0 Å². The molecule has 1 aromatic carbocycles. The molecule has 0 saturated heterocycles. The number of halogens is 2. The normalized spacial score (nSPS) is 9.77. The van der Waals surface area contributed by atoms with Gasteiger partial charge in [-0.15, -0.1) is 0 Å². The highest BCUT2D eigenvalue weighted by Crippen LogP contribution is 2.24. The molecule has 0 aliphatic rings. The fourth-order valence-electron chi connectivity index (χ4n) is 0.858. The van der Waals surface area contributed by atoms with Crippen LogP contribution in [0.4, 0.5) is 10.1 Å². The van der Waals surface area contributed by atoms with Crippen LogP contribution in [0.5, 0.6) is 0 Å². The topological polar surface area (TPSA) is 52.3 Å². The van der Waals surface area contributed by atoms with Gasteiger partial charge in [-0.1, -0.05) is 0 Å². The van der Waals surface area contributed by atoms with Gasteiger partial charge in [0, 0.05) is 4.47 Å². The Morgan fingerprint density at radius 3 is 2.77 bits per heavy atom. The van der Waals surface area contributed by atoms with E-state index >= 15 is 0 Å². The SMILES string of the molecule is COC(=O)c1c(Br)ccc(N)c1F. The largest absolute Gasteiger partial charge is 0.465 e. The lowest BCUT2D eigenvalue weighted by Crippen LogP contribution is -2.07. The highest BCUT2D eigenvalue weighted by Gasteiger charge is 2.17. The second-order valence-electron chi connectivity index (χ2n) is 2.32. The van der Waals surface area contributed by atoms with E-state index in [1.165, 1.54) is 19.2 Å². The summed E-state index contributed by atoms with van der Waals surface area (Å²) in [6.45, 7) is 0. The molecule has 3 nitrogen and oxygen atoms in total. The van der Waals surface area contributed by atoms with Gasteiger partial charge in [-0.05, 0) is 28.1 Å². The average molecular weight is 248 g/mol. The van der Waals surface area contributed by atoms with Crippen LogP contribution in [-0.4, -0.2) is 13.1 Å². The molecule has 0 fully saturated rings. The quantitative estimate of drug-likeness (QED) is 0.610. The lowest BCUT2D eigenvalue weighted by Gasteiger charge is -2.05. The number of carbonyl (C=O) groups excluding carboxylic acids is 1. The minimum Gasteiger partial charge on any atom is -0.465 e. The van der Waals surface area contributed by atoms with E-state index in [0.717, 1.165) is 0 Å². The number of nitrogens with two attached hydrogens (primary N) is 1. The number of hydrogen-bond donors (Lipinski definition) is 1. The molecule has 0 aromatic heterocycles. The molecule has 1 aromatic rings. The van der Waals surface area contributed by atoms with Gasteiger partial charge in [-0.3, -0.25) is 0 Å². The number of anilines is 1. The van der Waals surface area contributed by atoms with Crippen LogP contribution in [0.2, 0.25) is 0 Å². The first-order valence-corrected chi connectivity index (χ1v) is 4.19. The lowest BCUT2D eigenvalue weighted by molar-refractivity contribution is 0.0594. The number of nitrogen functional groups attached to an aromatic ring is 1. The third-order valence-corrected chi connectivity index (χ3v) is 2.17. The van der Waals surface area contributed by atoms with E-state index in [2.05, 4.69) is 20.7 Å². The van der Waals surface area contributed by atoms with E-state index in [0.29, 0.717) is 4.47 Å². The summed E-state index contributed by atoms with van der Waals surface area (Å²) in [6.07, 6.45) is 0. The smallest absolute Gasteiger partial charge is 0.342 e. The molecule has 5 heteroatoms. The summed E-state index contributed by atoms with van der Waals surface area (Å²) in [4.78, 5) is 11.1. The maximum absolute atomic E-state index is 13.2. The fourth-order valence-corrected chi connectivity index (χ4v) is 1.33. The van der Waals surface area contributed by atoms with Crippen molar-refractivity contribution in [3.63, 3.8) is 0 Å². The second kappa shape index (κ2) is 3.74. The first kappa shape index (κ1) is 9.98. The Morgan fingerprint density at radius 1 is 1.62 bits per heavy atom. The number of hydrogen-bond acceptors (Lipinski definition) is 3. The number of esters is 1. The van der Waals surface area contributed by atoms with Gasteiger partial charge in [0.1, 0.15) is 5.56 Å². The Labute approximate surface area is 82.8 Å². The monoisotopic (exact) mass is 247 g/mol. The average Bonchev–Trinajstić information content (AvgIpc) is 2.12. The molecule has 1 rings (SSSR count). The minimum absolute atomic E-state index is 0.0800. The molecule has 0 amide bonds. The molecule has 70 valence electrons. The summed E-state index contributed by atoms with van der Waals surface area (Å²) in [6, 6.07) is 2.86. The van der Waals surface area contributed by atoms with E-state index in [1.54, 1.807) is 0 Å². The number of methoxy groups -OCH3 is 1. The molecule has 0 saturated carbocycles. The molecule has 0 bridgehead atoms. The van der Waals surface area contributed by atoms with Crippen molar-refractivity contribution < 1.29 is 13.9 Å². The first-order chi connectivity index (χ1) is 6.07. The Hall–Kier alpha value is -1.10. The second-order valence-corrected chi connectivity index (χ2v) is 3.17. The van der Waals surface area contributed by atoms with Crippen molar-refractivity contribution >= 4 is 27.6 Å². The van der Waals surface area contributed by atoms with Crippen LogP contribution in [0, 0.1) is 5.82 Å². The highest BCUT2D eigenvalue weighted by molar-refractivity contribution is 9.10. The Balaban J connectivity index is 3.33. The molecule has 2 N–H and O–H groups in total. The predicted octanol–water partition coefficient (Wildman–Crippen LogP) is 1.96. The van der Waals surface area contributed by atoms with Gasteiger partial charge in [0.05, 0.1) is 12.8 Å². The molecular weight excluding hydrogens is 241 g/mol. The lowest BCUT2D eigenvalue weighted by atomic mass is 10.2. The van der Waals surface area contributed by atoms with Crippen molar-refractivity contribution in [2.45, 2.75) is 0 Å². The van der Waals surface area contributed by atoms with Gasteiger partial charge in [0.25, 0.3) is 0 Å². The molecule has 0 spiro atoms. The van der Waals surface area contributed by atoms with Crippen LogP contribution in [-0.2, 0) is 4.74 Å². The van der Waals surface area contributed by atoms with Crippen molar-refractivity contribution in [2.24, 2.45) is 0 Å². The Bertz CT molecular complexity index is 354. The molecule has 0 unspecified atom stereocenters. The standard InChI is InChI=1S/C8H7BrFNO2/c1-13-8(12)6-4(9)2-3-5(11)7(6)10/h2-3H,11H2,1H3. The highest BCUT2D eigenvalue weighted by atomic mass is 79.9. The number of benzene rings is 1. The maximum Gasteiger partial charge on any atom is 0.342 e. The zero-order valence-corrected chi connectivity index (χ0v) is 8.39. The van der Waals surface area contributed by atoms with Gasteiger partial charge in [0.15, 0.2) is 5.82 Å². The van der Waals surface area contributed by atoms with Crippen LogP contribution < -0.4 is 5.73 Å². The summed E-state index contributed by atoms with van der Waals surface area (Å²) in [5.41, 5.74) is 5.02. The number of carbonyl (C=O) groups is 1. The predicted molar refractivity (Wildman–Crippen MR) is 49.9 cm³/mol. The Kier molecular flexibility index (Phi) is 2.87. The van der Waals surface area contributed by atoms with E-state index < -0.39 is 11.8 Å². The number of ether oxygens (including phenoxy) is 1. The maximum atomic E-state index is 13.2. The zero-order chi connectivity index (χ0) is 10.0. The van der Waals surface area contributed by atoms with Gasteiger partial charge < -0.3 is 10.5 Å². The van der Waals surface area contributed by atoms with Crippen molar-refractivity contribution in [1.82, 2.24) is 0 Å². The molecule has 0 aliphatic heterocycles. The number of rotatable bonds is 1. The summed E-state index contributed by atoms with van der Waals surface area (Å²) in [7, 11) is 1.18. The summed E-state index contributed by atoms with van der Waals surface area (Å²) in [5.74, 6) is -1.52. The third kappa shape index (κ3) is 1.80. The van der Waals surface area contributed by atoms with Crippen molar-refractivity contribution in [2.75, 3.05) is 12.8 Å². The van der Waals surface area contributed by atoms with Crippen LogP contribution in [0.3, 0.4) is 0 Å². The van der Waals surface area contributed by atoms with Crippen molar-refractivity contribution in [1.29, 1.82) is 0 Å². The van der Waals surface area contributed by atoms with E-state index in [9.17, 15) is 9.18 Å².